The minimum atomic E-state index is 0.0832. The van der Waals surface area contributed by atoms with Crippen LogP contribution < -0.4 is 5.73 Å². The number of rotatable bonds is 3. The van der Waals surface area contributed by atoms with Crippen molar-refractivity contribution in [1.82, 2.24) is 4.90 Å². The highest BCUT2D eigenvalue weighted by atomic mass is 16.5. The molecule has 2 atom stereocenters. The molecule has 2 rings (SSSR count). The molecule has 1 saturated carbocycles. The Labute approximate surface area is 90.8 Å². The smallest absolute Gasteiger partial charge is 0.236 e. The number of nitrogens with zero attached hydrogens (tertiary/aromatic N) is 1. The lowest BCUT2D eigenvalue weighted by Gasteiger charge is -2.27. The average Bonchev–Trinajstić information content (AvgIpc) is 2.73. The van der Waals surface area contributed by atoms with Crippen molar-refractivity contribution >= 4 is 5.91 Å². The minimum absolute atomic E-state index is 0.0832. The van der Waals surface area contributed by atoms with Crippen molar-refractivity contribution in [3.05, 3.63) is 0 Å². The third kappa shape index (κ3) is 1.76. The third-order valence-corrected chi connectivity index (χ3v) is 4.00. The van der Waals surface area contributed by atoms with E-state index in [0.29, 0.717) is 5.92 Å². The first-order chi connectivity index (χ1) is 7.22. The van der Waals surface area contributed by atoms with Gasteiger partial charge in [0.15, 0.2) is 0 Å². The number of hydrogen-bond acceptors (Lipinski definition) is 3. The summed E-state index contributed by atoms with van der Waals surface area (Å²) in [6.45, 7) is 2.66. The molecule has 0 aromatic carbocycles. The van der Waals surface area contributed by atoms with Gasteiger partial charge in [0.25, 0.3) is 0 Å². The molecule has 4 heteroatoms. The Bertz CT molecular complexity index is 257. The van der Waals surface area contributed by atoms with E-state index < -0.39 is 0 Å². The predicted molar refractivity (Wildman–Crippen MR) is 57.3 cm³/mol. The van der Waals surface area contributed by atoms with E-state index in [1.165, 1.54) is 19.3 Å². The summed E-state index contributed by atoms with van der Waals surface area (Å²) in [5, 5.41) is 0. The van der Waals surface area contributed by atoms with Gasteiger partial charge < -0.3 is 15.4 Å². The second-order valence-corrected chi connectivity index (χ2v) is 4.86. The van der Waals surface area contributed by atoms with Crippen LogP contribution in [0.4, 0.5) is 0 Å². The van der Waals surface area contributed by atoms with Gasteiger partial charge in [-0.3, -0.25) is 4.79 Å². The second kappa shape index (κ2) is 4.10. The van der Waals surface area contributed by atoms with E-state index in [0.717, 1.165) is 19.7 Å². The lowest BCUT2D eigenvalue weighted by atomic mass is 9.82. The molecular weight excluding hydrogens is 192 g/mol. The van der Waals surface area contributed by atoms with Crippen LogP contribution in [0.1, 0.15) is 19.3 Å². The van der Waals surface area contributed by atoms with Crippen molar-refractivity contribution in [1.29, 1.82) is 0 Å². The Morgan fingerprint density at radius 2 is 2.47 bits per heavy atom. The first kappa shape index (κ1) is 10.9. The van der Waals surface area contributed by atoms with Gasteiger partial charge in [0.2, 0.25) is 5.91 Å². The number of ether oxygens (including phenoxy) is 1. The number of likely N-dealkylation sites (tertiary alicyclic amines) is 1. The van der Waals surface area contributed by atoms with Crippen LogP contribution in [-0.2, 0) is 9.53 Å². The number of hydrogen-bond donors (Lipinski definition) is 1. The van der Waals surface area contributed by atoms with Crippen LogP contribution in [0.5, 0.6) is 0 Å². The highest BCUT2D eigenvalue weighted by molar-refractivity contribution is 5.78. The largest absolute Gasteiger partial charge is 0.384 e. The number of fused-ring (bicyclic) bond motifs is 1. The molecule has 0 unspecified atom stereocenters. The summed E-state index contributed by atoms with van der Waals surface area (Å²) in [6, 6.07) is 0. The lowest BCUT2D eigenvalue weighted by molar-refractivity contribution is -0.129. The predicted octanol–water partition coefficient (Wildman–Crippen LogP) is 0.220. The van der Waals surface area contributed by atoms with E-state index >= 15 is 0 Å². The molecule has 2 aliphatic rings. The molecule has 86 valence electrons. The first-order valence-corrected chi connectivity index (χ1v) is 5.68. The van der Waals surface area contributed by atoms with Crippen LogP contribution in [0, 0.1) is 11.3 Å². The maximum atomic E-state index is 11.6. The normalized spacial score (nSPS) is 34.5. The third-order valence-electron chi connectivity index (χ3n) is 4.00. The summed E-state index contributed by atoms with van der Waals surface area (Å²) in [4.78, 5) is 13.5. The Kier molecular flexibility index (Phi) is 2.98. The second-order valence-electron chi connectivity index (χ2n) is 4.86. The van der Waals surface area contributed by atoms with Gasteiger partial charge in [-0.25, -0.2) is 0 Å². The van der Waals surface area contributed by atoms with Crippen molar-refractivity contribution in [2.24, 2.45) is 17.1 Å². The summed E-state index contributed by atoms with van der Waals surface area (Å²) in [5.41, 5.74) is 5.63. The topological polar surface area (TPSA) is 55.6 Å². The molecule has 0 radical (unpaired) electrons. The zero-order chi connectivity index (χ0) is 10.9. The van der Waals surface area contributed by atoms with Crippen LogP contribution in [0.2, 0.25) is 0 Å². The molecule has 2 fully saturated rings. The fourth-order valence-electron chi connectivity index (χ4n) is 3.26. The molecule has 1 heterocycles. The monoisotopic (exact) mass is 212 g/mol. The summed E-state index contributed by atoms with van der Waals surface area (Å²) < 4.78 is 5.32. The Hall–Kier alpha value is -0.610. The molecule has 1 aliphatic heterocycles. The highest BCUT2D eigenvalue weighted by Crippen LogP contribution is 2.48. The fraction of sp³-hybridized carbons (Fsp3) is 0.909. The van der Waals surface area contributed by atoms with Crippen molar-refractivity contribution in [3.8, 4) is 0 Å². The van der Waals surface area contributed by atoms with E-state index in [4.69, 9.17) is 10.5 Å². The van der Waals surface area contributed by atoms with Gasteiger partial charge in [-0.15, -0.1) is 0 Å². The van der Waals surface area contributed by atoms with Gasteiger partial charge in [0, 0.05) is 25.6 Å². The molecule has 15 heavy (non-hydrogen) atoms. The lowest BCUT2D eigenvalue weighted by Crippen LogP contribution is -2.37. The molecule has 1 amide bonds. The Morgan fingerprint density at radius 1 is 1.67 bits per heavy atom. The van der Waals surface area contributed by atoms with Gasteiger partial charge in [0.1, 0.15) is 0 Å². The van der Waals surface area contributed by atoms with Crippen LogP contribution >= 0.6 is 0 Å². The summed E-state index contributed by atoms with van der Waals surface area (Å²) in [5.74, 6) is 0.716. The van der Waals surface area contributed by atoms with Gasteiger partial charge in [-0.1, -0.05) is 6.42 Å². The van der Waals surface area contributed by atoms with Crippen LogP contribution in [0.25, 0.3) is 0 Å². The number of carbonyl (C=O) groups excluding carboxylic acids is 1. The molecule has 2 N–H and O–H groups in total. The van der Waals surface area contributed by atoms with Gasteiger partial charge in [0.05, 0.1) is 13.2 Å². The molecule has 1 saturated heterocycles. The number of amides is 1. The molecule has 1 aliphatic carbocycles. The molecule has 0 bridgehead atoms. The van der Waals surface area contributed by atoms with E-state index in [1.54, 1.807) is 7.11 Å². The van der Waals surface area contributed by atoms with Crippen molar-refractivity contribution in [2.75, 3.05) is 33.4 Å². The number of carbonyl (C=O) groups is 1. The van der Waals surface area contributed by atoms with Gasteiger partial charge >= 0.3 is 0 Å². The van der Waals surface area contributed by atoms with Crippen LogP contribution in [0.3, 0.4) is 0 Å². The van der Waals surface area contributed by atoms with Gasteiger partial charge in [-0.2, -0.15) is 0 Å². The zero-order valence-corrected chi connectivity index (χ0v) is 9.37. The van der Waals surface area contributed by atoms with E-state index in [-0.39, 0.29) is 17.9 Å². The van der Waals surface area contributed by atoms with E-state index in [9.17, 15) is 4.79 Å². The average molecular weight is 212 g/mol. The zero-order valence-electron chi connectivity index (χ0n) is 9.37. The van der Waals surface area contributed by atoms with Crippen molar-refractivity contribution < 1.29 is 9.53 Å². The van der Waals surface area contributed by atoms with E-state index in [2.05, 4.69) is 0 Å². The molecular formula is C11H20N2O2. The van der Waals surface area contributed by atoms with Crippen LogP contribution in [0.15, 0.2) is 0 Å². The highest BCUT2D eigenvalue weighted by Gasteiger charge is 2.50. The van der Waals surface area contributed by atoms with Gasteiger partial charge in [-0.05, 0) is 18.8 Å². The maximum Gasteiger partial charge on any atom is 0.236 e. The van der Waals surface area contributed by atoms with E-state index in [1.807, 2.05) is 4.90 Å². The molecule has 4 nitrogen and oxygen atoms in total. The minimum Gasteiger partial charge on any atom is -0.384 e. The molecule has 0 aromatic rings. The number of nitrogens with two attached hydrogens (primary N) is 1. The number of methoxy groups -OCH3 is 1. The Morgan fingerprint density at radius 3 is 3.13 bits per heavy atom. The molecule has 0 aromatic heterocycles. The quantitative estimate of drug-likeness (QED) is 0.728. The fourth-order valence-corrected chi connectivity index (χ4v) is 3.26. The SMILES string of the molecule is COC[C@@]12CCC[C@@H]1CN(C(=O)CN)C2. The summed E-state index contributed by atoms with van der Waals surface area (Å²) >= 11 is 0. The standard InChI is InChI=1S/C11H20N2O2/c1-15-8-11-4-2-3-9(11)6-13(7-11)10(14)5-12/h9H,2-8,12H2,1H3/t9-,11+/m1/s1. The van der Waals surface area contributed by atoms with Crippen molar-refractivity contribution in [2.45, 2.75) is 19.3 Å². The molecule has 0 spiro atoms. The maximum absolute atomic E-state index is 11.6. The first-order valence-electron chi connectivity index (χ1n) is 5.68. The van der Waals surface area contributed by atoms with Crippen molar-refractivity contribution in [3.63, 3.8) is 0 Å². The summed E-state index contributed by atoms with van der Waals surface area (Å²) in [7, 11) is 1.75. The van der Waals surface area contributed by atoms with Crippen LogP contribution in [-0.4, -0.2) is 44.2 Å². The summed E-state index contributed by atoms with van der Waals surface area (Å²) in [6.07, 6.45) is 3.70. The Balaban J connectivity index is 2.07.